The number of hydrogen-bond acceptors (Lipinski definition) is 7. The van der Waals surface area contributed by atoms with Gasteiger partial charge in [0.1, 0.15) is 24.2 Å². The molecule has 3 aromatic rings. The third-order valence-electron chi connectivity index (χ3n) is 5.58. The maximum absolute atomic E-state index is 10.6. The lowest BCUT2D eigenvalue weighted by atomic mass is 9.94. The Morgan fingerprint density at radius 3 is 2.38 bits per heavy atom. The van der Waals surface area contributed by atoms with E-state index in [2.05, 4.69) is 60.9 Å². The number of benzene rings is 2. The minimum Gasteiger partial charge on any atom is -0.492 e. The van der Waals surface area contributed by atoms with Gasteiger partial charge in [-0.3, -0.25) is 4.79 Å². The van der Waals surface area contributed by atoms with Crippen LogP contribution in [0.3, 0.4) is 0 Å². The summed E-state index contributed by atoms with van der Waals surface area (Å²) in [7, 11) is 0. The smallest absolute Gasteiger partial charge is 0.290 e. The molecule has 1 heterocycles. The van der Waals surface area contributed by atoms with Crippen molar-refractivity contribution in [1.82, 2.24) is 10.3 Å². The molecule has 2 aromatic carbocycles. The van der Waals surface area contributed by atoms with Gasteiger partial charge in [-0.2, -0.15) is 5.26 Å². The Morgan fingerprint density at radius 2 is 1.74 bits per heavy atom. The number of carbonyl (C=O) groups is 1. The minimum absolute atomic E-state index is 0.197. The summed E-state index contributed by atoms with van der Waals surface area (Å²) in [6, 6.07) is 15.9. The second-order valence-corrected chi connectivity index (χ2v) is 10.3. The van der Waals surface area contributed by atoms with Crippen molar-refractivity contribution in [3.8, 4) is 17.6 Å². The Kier molecular flexibility index (Phi) is 21.2. The first-order valence-corrected chi connectivity index (χ1v) is 15.3. The van der Waals surface area contributed by atoms with Gasteiger partial charge in [-0.1, -0.05) is 57.2 Å². The Balaban J connectivity index is 0.00000190. The molecule has 0 amide bonds. The number of nitriles is 1. The third-order valence-corrected chi connectivity index (χ3v) is 6.44. The van der Waals surface area contributed by atoms with E-state index in [9.17, 15) is 5.11 Å². The van der Waals surface area contributed by atoms with Crippen LogP contribution in [0.2, 0.25) is 0 Å². The highest BCUT2D eigenvalue weighted by molar-refractivity contribution is 8.01. The zero-order valence-corrected chi connectivity index (χ0v) is 27.0. The molecule has 3 rings (SSSR count). The molecule has 1 atom stereocenters. The topological polar surface area (TPSA) is 128 Å². The van der Waals surface area contributed by atoms with Gasteiger partial charge in [0.15, 0.2) is 0 Å². The Labute approximate surface area is 256 Å². The van der Waals surface area contributed by atoms with Gasteiger partial charge < -0.3 is 30.0 Å². The van der Waals surface area contributed by atoms with Gasteiger partial charge in [0, 0.05) is 41.9 Å². The molecule has 0 bridgehead atoms. The molecule has 232 valence electrons. The quantitative estimate of drug-likeness (QED) is 0.142. The Bertz CT molecular complexity index is 1200. The number of H-pyrrole nitrogens is 1. The number of ether oxygens (including phenoxy) is 2. The predicted octanol–water partition coefficient (Wildman–Crippen LogP) is 7.33. The van der Waals surface area contributed by atoms with E-state index in [4.69, 9.17) is 24.6 Å². The van der Waals surface area contributed by atoms with E-state index in [0.717, 1.165) is 41.2 Å². The van der Waals surface area contributed by atoms with E-state index in [-0.39, 0.29) is 18.6 Å². The lowest BCUT2D eigenvalue weighted by Crippen LogP contribution is -2.46. The van der Waals surface area contributed by atoms with E-state index < -0.39 is 6.10 Å². The summed E-state index contributed by atoms with van der Waals surface area (Å²) in [6.07, 6.45) is 5.46. The van der Waals surface area contributed by atoms with Crippen LogP contribution in [0.5, 0.6) is 11.5 Å². The highest BCUT2D eigenvalue weighted by Gasteiger charge is 2.22. The van der Waals surface area contributed by atoms with Crippen LogP contribution in [0.25, 0.3) is 10.9 Å². The van der Waals surface area contributed by atoms with Crippen molar-refractivity contribution in [2.45, 2.75) is 78.7 Å². The Hall–Kier alpha value is -3.45. The number of carboxylic acid groups (broad SMARTS) is 1. The van der Waals surface area contributed by atoms with Gasteiger partial charge in [0.05, 0.1) is 18.2 Å². The molecule has 0 saturated carbocycles. The van der Waals surface area contributed by atoms with Crippen LogP contribution in [0.1, 0.15) is 66.0 Å². The maximum atomic E-state index is 10.6. The molecule has 0 radical (unpaired) electrons. The number of aromatic amines is 1. The first kappa shape index (κ1) is 38.5. The van der Waals surface area contributed by atoms with Crippen LogP contribution in [0, 0.1) is 11.3 Å². The number of β-amino-alcohol motifs (C(OH)–C–C–N with tert-alkyl or cyclic N) is 1. The van der Waals surface area contributed by atoms with Crippen molar-refractivity contribution in [2.75, 3.05) is 19.8 Å². The van der Waals surface area contributed by atoms with Crippen molar-refractivity contribution in [2.24, 2.45) is 0 Å². The molecule has 1 unspecified atom stereocenters. The molecular formula is C33H49N3O5S. The lowest BCUT2D eigenvalue weighted by Gasteiger charge is -2.28. The largest absolute Gasteiger partial charge is 0.492 e. The number of allylic oxidation sites excluding steroid dienone is 1. The number of aliphatic hydroxyl groups excluding tert-OH is 1. The van der Waals surface area contributed by atoms with Crippen molar-refractivity contribution >= 4 is 29.1 Å². The van der Waals surface area contributed by atoms with Crippen LogP contribution in [0.15, 0.2) is 60.1 Å². The highest BCUT2D eigenvalue weighted by atomic mass is 32.2. The average molecular weight is 600 g/mol. The number of rotatable bonds is 14. The molecule has 0 aliphatic heterocycles. The molecular weight excluding hydrogens is 550 g/mol. The van der Waals surface area contributed by atoms with Gasteiger partial charge >= 0.3 is 0 Å². The van der Waals surface area contributed by atoms with Crippen molar-refractivity contribution in [3.05, 3.63) is 71.3 Å². The molecule has 9 heteroatoms. The van der Waals surface area contributed by atoms with Crippen molar-refractivity contribution in [3.63, 3.8) is 0 Å². The number of nitrogens with one attached hydrogen (secondary N) is 2. The number of thioether (sulfide) groups is 1. The summed E-state index contributed by atoms with van der Waals surface area (Å²) in [4.78, 5) is 11.7. The summed E-state index contributed by atoms with van der Waals surface area (Å²) in [5, 5.41) is 31.6. The van der Waals surface area contributed by atoms with E-state index in [1.807, 2.05) is 51.1 Å². The molecule has 1 aromatic heterocycles. The molecule has 0 spiro atoms. The Morgan fingerprint density at radius 1 is 1.10 bits per heavy atom. The summed E-state index contributed by atoms with van der Waals surface area (Å²) in [5.74, 6) is 2.57. The first-order valence-electron chi connectivity index (χ1n) is 14.3. The molecule has 0 fully saturated rings. The standard InChI is InChI=1S/C28H38N2O3S.C2H3N.C2H6.CH2O2/c1-5-7-15-34-20-21-11-8-9-13-25(21)33-19-23(31)18-30-28(3,4)16-22-17-29-27-24(22)12-10-14-26(27)32-6-2;1-2-3;1-2;2-1-3/h7-15,17,23,29-31H,5-6,16,18-20H2,1-4H3;1H3;1-2H3;1H,(H,2,3)/b15-7-;;;. The average Bonchev–Trinajstić information content (AvgIpc) is 3.38. The van der Waals surface area contributed by atoms with Crippen LogP contribution >= 0.6 is 11.8 Å². The van der Waals surface area contributed by atoms with E-state index in [1.165, 1.54) is 17.9 Å². The fourth-order valence-corrected chi connectivity index (χ4v) is 4.69. The lowest BCUT2D eigenvalue weighted by molar-refractivity contribution is -0.122. The summed E-state index contributed by atoms with van der Waals surface area (Å²) >= 11 is 1.75. The van der Waals surface area contributed by atoms with Gasteiger partial charge in [0.25, 0.3) is 6.47 Å². The van der Waals surface area contributed by atoms with Crippen LogP contribution in [-0.4, -0.2) is 53.1 Å². The van der Waals surface area contributed by atoms with Crippen LogP contribution in [0.4, 0.5) is 0 Å². The second kappa shape index (κ2) is 23.1. The first-order chi connectivity index (χ1) is 20.3. The normalized spacial score (nSPS) is 11.1. The predicted molar refractivity (Wildman–Crippen MR) is 175 cm³/mol. The number of fused-ring (bicyclic) bond motifs is 1. The maximum Gasteiger partial charge on any atom is 0.290 e. The highest BCUT2D eigenvalue weighted by Crippen LogP contribution is 2.29. The summed E-state index contributed by atoms with van der Waals surface area (Å²) < 4.78 is 11.7. The molecule has 4 N–H and O–H groups in total. The van der Waals surface area contributed by atoms with Gasteiger partial charge in [-0.25, -0.2) is 0 Å². The zero-order valence-electron chi connectivity index (χ0n) is 26.1. The fraction of sp³-hybridized carbons (Fsp3) is 0.455. The number of nitrogens with zero attached hydrogens (tertiary/aromatic N) is 1. The second-order valence-electron chi connectivity index (χ2n) is 9.36. The number of hydrogen-bond donors (Lipinski definition) is 4. The van der Waals surface area contributed by atoms with Crippen LogP contribution in [-0.2, 0) is 17.0 Å². The molecule has 0 saturated heterocycles. The van der Waals surface area contributed by atoms with Crippen molar-refractivity contribution in [1.29, 1.82) is 5.26 Å². The van der Waals surface area contributed by atoms with E-state index in [1.54, 1.807) is 17.8 Å². The van der Waals surface area contributed by atoms with Gasteiger partial charge in [0.2, 0.25) is 0 Å². The van der Waals surface area contributed by atoms with Crippen LogP contribution < -0.4 is 14.8 Å². The minimum atomic E-state index is -0.604. The summed E-state index contributed by atoms with van der Waals surface area (Å²) in [5.41, 5.74) is 3.20. The monoisotopic (exact) mass is 599 g/mol. The number of aliphatic hydroxyl groups is 1. The fourth-order valence-electron chi connectivity index (χ4n) is 3.85. The zero-order chi connectivity index (χ0) is 31.8. The molecule has 8 nitrogen and oxygen atoms in total. The van der Waals surface area contributed by atoms with Gasteiger partial charge in [-0.05, 0) is 56.7 Å². The summed E-state index contributed by atoms with van der Waals surface area (Å²) in [6.45, 7) is 15.0. The van der Waals surface area contributed by atoms with E-state index >= 15 is 0 Å². The molecule has 0 aliphatic rings. The third kappa shape index (κ3) is 15.0. The van der Waals surface area contributed by atoms with E-state index in [0.29, 0.717) is 13.2 Å². The van der Waals surface area contributed by atoms with Gasteiger partial charge in [-0.15, -0.1) is 11.8 Å². The molecule has 0 aliphatic carbocycles. The van der Waals surface area contributed by atoms with Crippen molar-refractivity contribution < 1.29 is 24.5 Å². The number of para-hydroxylation sites is 2. The molecule has 42 heavy (non-hydrogen) atoms. The SMILES string of the molecule is CC.CC#N.CC/C=C\SCc1ccccc1OCC(O)CNC(C)(C)Cc1c[nH]c2c(OCC)cccc12.O=CO. The number of aromatic nitrogens is 1.